The molecule has 0 spiro atoms. The van der Waals surface area contributed by atoms with Crippen molar-refractivity contribution in [1.82, 2.24) is 4.90 Å². The fourth-order valence-electron chi connectivity index (χ4n) is 2.27. The molecule has 17 heavy (non-hydrogen) atoms. The van der Waals surface area contributed by atoms with E-state index in [0.717, 1.165) is 25.8 Å². The van der Waals surface area contributed by atoms with Gasteiger partial charge in [0.1, 0.15) is 0 Å². The van der Waals surface area contributed by atoms with E-state index >= 15 is 0 Å². The molecule has 1 atom stereocenters. The van der Waals surface area contributed by atoms with E-state index in [-0.39, 0.29) is 11.8 Å². The molecule has 0 aromatic carbocycles. The number of carbonyl (C=O) groups is 2. The molecule has 0 radical (unpaired) electrons. The number of unbranched alkanes of at least 4 members (excludes halogenated alkanes) is 3. The Morgan fingerprint density at radius 2 is 2.06 bits per heavy atom. The number of carbonyl (C=O) groups excluding carboxylic acids is 1. The fourth-order valence-corrected chi connectivity index (χ4v) is 2.27. The van der Waals surface area contributed by atoms with Gasteiger partial charge in [-0.3, -0.25) is 9.59 Å². The molecule has 1 saturated heterocycles. The number of carboxylic acids is 1. The lowest BCUT2D eigenvalue weighted by Crippen LogP contribution is -2.42. The van der Waals surface area contributed by atoms with Crippen molar-refractivity contribution in [1.29, 1.82) is 0 Å². The molecule has 1 N–H and O–H groups in total. The van der Waals surface area contributed by atoms with Crippen molar-refractivity contribution < 1.29 is 14.7 Å². The van der Waals surface area contributed by atoms with Gasteiger partial charge in [0.2, 0.25) is 5.91 Å². The van der Waals surface area contributed by atoms with Gasteiger partial charge in [0.15, 0.2) is 0 Å². The van der Waals surface area contributed by atoms with Crippen molar-refractivity contribution in [3.63, 3.8) is 0 Å². The van der Waals surface area contributed by atoms with Crippen LogP contribution in [0.4, 0.5) is 0 Å². The van der Waals surface area contributed by atoms with Crippen molar-refractivity contribution >= 4 is 11.9 Å². The molecule has 0 aromatic heterocycles. The second-order valence-electron chi connectivity index (χ2n) is 4.83. The minimum Gasteiger partial charge on any atom is -0.481 e. The third kappa shape index (κ3) is 4.75. The van der Waals surface area contributed by atoms with Crippen molar-refractivity contribution in [3.8, 4) is 0 Å². The number of piperidine rings is 1. The SMILES string of the molecule is CCCCCCC(=O)N1CCC[C@H](C(=O)O)C1. The highest BCUT2D eigenvalue weighted by Gasteiger charge is 2.27. The summed E-state index contributed by atoms with van der Waals surface area (Å²) in [5, 5.41) is 8.95. The van der Waals surface area contributed by atoms with Crippen LogP contribution in [0.25, 0.3) is 0 Å². The van der Waals surface area contributed by atoms with Gasteiger partial charge in [-0.1, -0.05) is 26.2 Å². The number of aliphatic carboxylic acids is 1. The number of likely N-dealkylation sites (tertiary alicyclic amines) is 1. The van der Waals surface area contributed by atoms with Crippen LogP contribution in [0.2, 0.25) is 0 Å². The van der Waals surface area contributed by atoms with E-state index in [1.54, 1.807) is 4.90 Å². The van der Waals surface area contributed by atoms with Crippen molar-refractivity contribution in [2.75, 3.05) is 13.1 Å². The van der Waals surface area contributed by atoms with E-state index in [0.29, 0.717) is 19.4 Å². The van der Waals surface area contributed by atoms with E-state index in [9.17, 15) is 9.59 Å². The smallest absolute Gasteiger partial charge is 0.308 e. The second-order valence-corrected chi connectivity index (χ2v) is 4.83. The van der Waals surface area contributed by atoms with Crippen LogP contribution in [0, 0.1) is 5.92 Å². The van der Waals surface area contributed by atoms with Gasteiger partial charge in [0, 0.05) is 19.5 Å². The summed E-state index contributed by atoms with van der Waals surface area (Å²) in [4.78, 5) is 24.5. The molecule has 0 unspecified atom stereocenters. The van der Waals surface area contributed by atoms with E-state index in [1.165, 1.54) is 12.8 Å². The topological polar surface area (TPSA) is 57.6 Å². The average Bonchev–Trinajstić information content (AvgIpc) is 2.34. The molecule has 1 aliphatic heterocycles. The quantitative estimate of drug-likeness (QED) is 0.726. The Hall–Kier alpha value is -1.06. The molecule has 0 aliphatic carbocycles. The van der Waals surface area contributed by atoms with Gasteiger partial charge in [0.05, 0.1) is 5.92 Å². The van der Waals surface area contributed by atoms with Gasteiger partial charge < -0.3 is 10.0 Å². The summed E-state index contributed by atoms with van der Waals surface area (Å²) >= 11 is 0. The Kier molecular flexibility index (Phi) is 6.01. The second kappa shape index (κ2) is 7.30. The molecule has 1 amide bonds. The maximum atomic E-state index is 11.9. The highest BCUT2D eigenvalue weighted by molar-refractivity contribution is 5.78. The Morgan fingerprint density at radius 3 is 2.71 bits per heavy atom. The van der Waals surface area contributed by atoms with Crippen LogP contribution in [-0.4, -0.2) is 35.0 Å². The fraction of sp³-hybridized carbons (Fsp3) is 0.846. The summed E-state index contributed by atoms with van der Waals surface area (Å²) in [6, 6.07) is 0. The van der Waals surface area contributed by atoms with E-state index in [2.05, 4.69) is 6.92 Å². The number of amides is 1. The summed E-state index contributed by atoms with van der Waals surface area (Å²) in [5.74, 6) is -0.996. The zero-order valence-electron chi connectivity index (χ0n) is 10.7. The molecule has 1 aliphatic rings. The molecule has 1 rings (SSSR count). The first-order chi connectivity index (χ1) is 8.15. The largest absolute Gasteiger partial charge is 0.481 e. The molecule has 1 heterocycles. The number of carboxylic acid groups (broad SMARTS) is 1. The van der Waals surface area contributed by atoms with Crippen LogP contribution < -0.4 is 0 Å². The first-order valence-electron chi connectivity index (χ1n) is 6.65. The first kappa shape index (κ1) is 14.0. The molecule has 0 aromatic rings. The highest BCUT2D eigenvalue weighted by Crippen LogP contribution is 2.18. The predicted octanol–water partition coefficient (Wildman–Crippen LogP) is 2.28. The Balaban J connectivity index is 2.28. The van der Waals surface area contributed by atoms with Gasteiger partial charge in [0.25, 0.3) is 0 Å². The van der Waals surface area contributed by atoms with Gasteiger partial charge in [-0.2, -0.15) is 0 Å². The lowest BCUT2D eigenvalue weighted by molar-refractivity contribution is -0.145. The van der Waals surface area contributed by atoms with Crippen LogP contribution in [0.15, 0.2) is 0 Å². The van der Waals surface area contributed by atoms with Crippen LogP contribution >= 0.6 is 0 Å². The first-order valence-corrected chi connectivity index (χ1v) is 6.65. The third-order valence-electron chi connectivity index (χ3n) is 3.37. The van der Waals surface area contributed by atoms with Crippen LogP contribution in [0.3, 0.4) is 0 Å². The molecule has 4 heteroatoms. The van der Waals surface area contributed by atoms with Gasteiger partial charge in [-0.25, -0.2) is 0 Å². The van der Waals surface area contributed by atoms with E-state index < -0.39 is 5.97 Å². The minimum atomic E-state index is -0.770. The minimum absolute atomic E-state index is 0.132. The maximum Gasteiger partial charge on any atom is 0.308 e. The molecule has 1 fully saturated rings. The Bertz CT molecular complexity index is 265. The summed E-state index contributed by atoms with van der Waals surface area (Å²) in [6.45, 7) is 3.28. The Morgan fingerprint density at radius 1 is 1.29 bits per heavy atom. The highest BCUT2D eigenvalue weighted by atomic mass is 16.4. The van der Waals surface area contributed by atoms with E-state index in [1.807, 2.05) is 0 Å². The summed E-state index contributed by atoms with van der Waals surface area (Å²) in [6.07, 6.45) is 6.46. The number of hydrogen-bond donors (Lipinski definition) is 1. The van der Waals surface area contributed by atoms with Crippen molar-refractivity contribution in [2.45, 2.75) is 51.9 Å². The van der Waals surface area contributed by atoms with Crippen molar-refractivity contribution in [2.24, 2.45) is 5.92 Å². The van der Waals surface area contributed by atoms with Gasteiger partial charge in [-0.05, 0) is 19.3 Å². The summed E-state index contributed by atoms with van der Waals surface area (Å²) in [5.41, 5.74) is 0. The van der Waals surface area contributed by atoms with Crippen LogP contribution in [-0.2, 0) is 9.59 Å². The predicted molar refractivity (Wildman–Crippen MR) is 65.7 cm³/mol. The van der Waals surface area contributed by atoms with Gasteiger partial charge in [-0.15, -0.1) is 0 Å². The molecule has 0 bridgehead atoms. The zero-order valence-corrected chi connectivity index (χ0v) is 10.7. The monoisotopic (exact) mass is 241 g/mol. The van der Waals surface area contributed by atoms with E-state index in [4.69, 9.17) is 5.11 Å². The Labute approximate surface area is 103 Å². The standard InChI is InChI=1S/C13H23NO3/c1-2-3-4-5-8-12(15)14-9-6-7-11(10-14)13(16)17/h11H,2-10H2,1H3,(H,16,17)/t11-/m0/s1. The third-order valence-corrected chi connectivity index (χ3v) is 3.37. The zero-order chi connectivity index (χ0) is 12.7. The summed E-state index contributed by atoms with van der Waals surface area (Å²) < 4.78 is 0. The molecule has 0 saturated carbocycles. The maximum absolute atomic E-state index is 11.9. The van der Waals surface area contributed by atoms with Gasteiger partial charge >= 0.3 is 5.97 Å². The normalized spacial score (nSPS) is 20.3. The molecular formula is C13H23NO3. The lowest BCUT2D eigenvalue weighted by Gasteiger charge is -2.30. The van der Waals surface area contributed by atoms with Crippen LogP contribution in [0.5, 0.6) is 0 Å². The average molecular weight is 241 g/mol. The molecular weight excluding hydrogens is 218 g/mol. The summed E-state index contributed by atoms with van der Waals surface area (Å²) in [7, 11) is 0. The van der Waals surface area contributed by atoms with Crippen molar-refractivity contribution in [3.05, 3.63) is 0 Å². The molecule has 4 nitrogen and oxygen atoms in total. The number of hydrogen-bond acceptors (Lipinski definition) is 2. The van der Waals surface area contributed by atoms with Crippen LogP contribution in [0.1, 0.15) is 51.9 Å². The molecule has 98 valence electrons. The number of rotatable bonds is 6. The lowest BCUT2D eigenvalue weighted by atomic mass is 9.98. The number of nitrogens with zero attached hydrogens (tertiary/aromatic N) is 1.